The first-order valence-corrected chi connectivity index (χ1v) is 15.7. The number of rotatable bonds is 3. The molecule has 0 aliphatic carbocycles. The Morgan fingerprint density at radius 2 is 1.34 bits per heavy atom. The fourth-order valence-corrected chi connectivity index (χ4v) is 6.58. The van der Waals surface area contributed by atoms with Gasteiger partial charge in [0.1, 0.15) is 17.1 Å². The quantitative estimate of drug-likeness (QED) is 0.204. The van der Waals surface area contributed by atoms with Crippen molar-refractivity contribution in [2.75, 3.05) is 4.90 Å². The van der Waals surface area contributed by atoms with E-state index in [1.54, 1.807) is 6.07 Å². The maximum absolute atomic E-state index is 10.9. The Balaban J connectivity index is 1.24. The van der Waals surface area contributed by atoms with Gasteiger partial charge in [0.05, 0.1) is 17.1 Å². The zero-order chi connectivity index (χ0) is 32.0. The minimum absolute atomic E-state index is 0.129. The predicted molar refractivity (Wildman–Crippen MR) is 191 cm³/mol. The normalized spacial score (nSPS) is 12.9. The highest BCUT2D eigenvalue weighted by molar-refractivity contribution is 5.92. The molecule has 4 heteroatoms. The number of phenolic OH excluding ortho intramolecular Hbond substituents is 1. The second kappa shape index (κ2) is 11.3. The van der Waals surface area contributed by atoms with Crippen LogP contribution >= 0.6 is 0 Å². The first-order chi connectivity index (χ1) is 23.0. The maximum Gasteiger partial charge on any atom is 0.141 e. The molecular formula is C43H31N3O. The van der Waals surface area contributed by atoms with E-state index in [4.69, 9.17) is 9.97 Å². The Morgan fingerprint density at radius 1 is 0.617 bits per heavy atom. The lowest BCUT2D eigenvalue weighted by molar-refractivity contribution is 0.480. The largest absolute Gasteiger partial charge is 0.506 e. The van der Waals surface area contributed by atoms with Gasteiger partial charge in [0.15, 0.2) is 0 Å². The number of aromatic hydroxyl groups is 1. The topological polar surface area (TPSA) is 49.2 Å². The summed E-state index contributed by atoms with van der Waals surface area (Å²) in [5, 5.41) is 11.7. The molecule has 0 saturated carbocycles. The highest BCUT2D eigenvalue weighted by Crippen LogP contribution is 2.52. The summed E-state index contributed by atoms with van der Waals surface area (Å²) in [6.07, 6.45) is 1.95. The number of nitrogens with zero attached hydrogens (tertiary/aromatic N) is 3. The molecule has 3 heterocycles. The molecule has 0 saturated heterocycles. The standard InChI is InChI=1S/C43H31N3O/c1-43(2)35-15-9-10-16-38(35)46(41-26-21-33(28-44-41)30-13-7-4-8-14-30)39-27-32(19-23-36(39)43)37-24-22-34-31(20-25-40(47)42(34)45-37)18-17-29-11-5-3-6-12-29/h3-16,19-28,47H,1-2H3. The molecule has 1 aliphatic heterocycles. The molecule has 4 nitrogen and oxygen atoms in total. The number of hydrogen-bond acceptors (Lipinski definition) is 4. The van der Waals surface area contributed by atoms with E-state index in [2.05, 4.69) is 97.3 Å². The fraction of sp³-hybridized carbons (Fsp3) is 0.0698. The molecule has 0 fully saturated rings. The lowest BCUT2D eigenvalue weighted by atomic mass is 9.73. The molecule has 1 N–H and O–H groups in total. The van der Waals surface area contributed by atoms with E-state index in [-0.39, 0.29) is 11.2 Å². The van der Waals surface area contributed by atoms with Crippen LogP contribution < -0.4 is 4.90 Å². The van der Waals surface area contributed by atoms with E-state index >= 15 is 0 Å². The third-order valence-electron chi connectivity index (χ3n) is 9.06. The van der Waals surface area contributed by atoms with Gasteiger partial charge >= 0.3 is 0 Å². The molecule has 8 rings (SSSR count). The van der Waals surface area contributed by atoms with Crippen molar-refractivity contribution >= 4 is 28.1 Å². The van der Waals surface area contributed by atoms with Gasteiger partial charge in [-0.25, -0.2) is 9.97 Å². The highest BCUT2D eigenvalue weighted by atomic mass is 16.3. The Bertz CT molecular complexity index is 2330. The van der Waals surface area contributed by atoms with Crippen LogP contribution in [0.2, 0.25) is 0 Å². The van der Waals surface area contributed by atoms with Gasteiger partial charge in [0, 0.05) is 39.3 Å². The number of hydrogen-bond donors (Lipinski definition) is 1. The van der Waals surface area contributed by atoms with E-state index in [1.165, 1.54) is 11.1 Å². The van der Waals surface area contributed by atoms with E-state index in [9.17, 15) is 5.11 Å². The van der Waals surface area contributed by atoms with Gasteiger partial charge in [0.2, 0.25) is 0 Å². The van der Waals surface area contributed by atoms with Gasteiger partial charge < -0.3 is 5.11 Å². The monoisotopic (exact) mass is 605 g/mol. The van der Waals surface area contributed by atoms with Crippen molar-refractivity contribution in [2.45, 2.75) is 19.3 Å². The van der Waals surface area contributed by atoms with Gasteiger partial charge in [-0.05, 0) is 77.4 Å². The van der Waals surface area contributed by atoms with Crippen LogP contribution in [0.3, 0.4) is 0 Å². The Kier molecular flexibility index (Phi) is 6.82. The van der Waals surface area contributed by atoms with Crippen LogP contribution in [0.5, 0.6) is 5.75 Å². The number of benzene rings is 5. The molecule has 0 unspecified atom stereocenters. The van der Waals surface area contributed by atoms with Crippen LogP contribution in [0, 0.1) is 11.8 Å². The summed E-state index contributed by atoms with van der Waals surface area (Å²) in [7, 11) is 0. The molecule has 7 aromatic rings. The number of anilines is 3. The second-order valence-electron chi connectivity index (χ2n) is 12.3. The molecule has 47 heavy (non-hydrogen) atoms. The summed E-state index contributed by atoms with van der Waals surface area (Å²) >= 11 is 0. The average Bonchev–Trinajstić information content (AvgIpc) is 3.12. The van der Waals surface area contributed by atoms with Gasteiger partial charge in [-0.15, -0.1) is 0 Å². The third kappa shape index (κ3) is 4.99. The smallest absolute Gasteiger partial charge is 0.141 e. The van der Waals surface area contributed by atoms with Crippen LogP contribution in [0.15, 0.2) is 146 Å². The van der Waals surface area contributed by atoms with Crippen molar-refractivity contribution in [1.29, 1.82) is 0 Å². The molecule has 0 radical (unpaired) electrons. The molecule has 2 aromatic heterocycles. The Morgan fingerprint density at radius 3 is 2.13 bits per heavy atom. The van der Waals surface area contributed by atoms with E-state index < -0.39 is 0 Å². The third-order valence-corrected chi connectivity index (χ3v) is 9.06. The minimum atomic E-state index is -0.230. The Labute approximate surface area is 274 Å². The van der Waals surface area contributed by atoms with Crippen molar-refractivity contribution in [3.8, 4) is 40.0 Å². The van der Waals surface area contributed by atoms with Crippen LogP contribution in [-0.2, 0) is 5.41 Å². The second-order valence-corrected chi connectivity index (χ2v) is 12.3. The van der Waals surface area contributed by atoms with Crippen LogP contribution in [0.4, 0.5) is 17.2 Å². The average molecular weight is 606 g/mol. The highest BCUT2D eigenvalue weighted by Gasteiger charge is 2.37. The van der Waals surface area contributed by atoms with E-state index in [0.717, 1.165) is 56.1 Å². The maximum atomic E-state index is 10.9. The first-order valence-electron chi connectivity index (χ1n) is 15.7. The SMILES string of the molecule is CC1(C)c2ccccc2N(c2ccc(-c3ccccc3)cn2)c2cc(-c3ccc4c(C#Cc5ccccc5)ccc(O)c4n3)ccc21. The summed E-state index contributed by atoms with van der Waals surface area (Å²) in [6.45, 7) is 4.55. The van der Waals surface area contributed by atoms with Gasteiger partial charge in [-0.1, -0.05) is 105 Å². The summed E-state index contributed by atoms with van der Waals surface area (Å²) < 4.78 is 0. The van der Waals surface area contributed by atoms with Gasteiger partial charge in [-0.2, -0.15) is 0 Å². The van der Waals surface area contributed by atoms with Crippen LogP contribution in [0.25, 0.3) is 33.3 Å². The number of para-hydroxylation sites is 1. The van der Waals surface area contributed by atoms with Gasteiger partial charge in [-0.3, -0.25) is 4.90 Å². The van der Waals surface area contributed by atoms with Crippen LogP contribution in [0.1, 0.15) is 36.1 Å². The number of fused-ring (bicyclic) bond motifs is 3. The number of phenols is 1. The molecule has 1 aliphatic rings. The predicted octanol–water partition coefficient (Wildman–Crippen LogP) is 10.2. The summed E-state index contributed by atoms with van der Waals surface area (Å²) in [6, 6.07) is 47.1. The number of pyridine rings is 2. The lowest BCUT2D eigenvalue weighted by Gasteiger charge is -2.41. The van der Waals surface area contributed by atoms with Crippen molar-refractivity contribution < 1.29 is 5.11 Å². The molecule has 0 amide bonds. The van der Waals surface area contributed by atoms with Crippen LogP contribution in [-0.4, -0.2) is 15.1 Å². The molecular weight excluding hydrogens is 574 g/mol. The minimum Gasteiger partial charge on any atom is -0.506 e. The fourth-order valence-electron chi connectivity index (χ4n) is 6.58. The van der Waals surface area contributed by atoms with Crippen molar-refractivity contribution in [3.63, 3.8) is 0 Å². The lowest BCUT2D eigenvalue weighted by Crippen LogP contribution is -2.31. The van der Waals surface area contributed by atoms with Crippen molar-refractivity contribution in [2.24, 2.45) is 0 Å². The van der Waals surface area contributed by atoms with Crippen molar-refractivity contribution in [1.82, 2.24) is 9.97 Å². The zero-order valence-electron chi connectivity index (χ0n) is 26.1. The van der Waals surface area contributed by atoms with E-state index in [0.29, 0.717) is 5.52 Å². The molecule has 5 aromatic carbocycles. The summed E-state index contributed by atoms with van der Waals surface area (Å²) in [5.74, 6) is 7.48. The molecule has 0 atom stereocenters. The Hall–Kier alpha value is -6.18. The van der Waals surface area contributed by atoms with Crippen molar-refractivity contribution in [3.05, 3.63) is 168 Å². The van der Waals surface area contributed by atoms with Gasteiger partial charge in [0.25, 0.3) is 0 Å². The summed E-state index contributed by atoms with van der Waals surface area (Å²) in [4.78, 5) is 12.2. The first kappa shape index (κ1) is 28.3. The molecule has 224 valence electrons. The molecule has 0 bridgehead atoms. The zero-order valence-corrected chi connectivity index (χ0v) is 26.1. The number of aromatic nitrogens is 2. The molecule has 0 spiro atoms. The van der Waals surface area contributed by atoms with E-state index in [1.807, 2.05) is 72.9 Å². The summed E-state index contributed by atoms with van der Waals surface area (Å²) in [5.41, 5.74) is 10.6.